The first kappa shape index (κ1) is 11.7. The van der Waals surface area contributed by atoms with E-state index in [0.717, 1.165) is 17.0 Å². The molecule has 1 atom stereocenters. The van der Waals surface area contributed by atoms with Crippen molar-refractivity contribution in [3.63, 3.8) is 0 Å². The molecule has 1 aliphatic rings. The number of hydrogen-bond donors (Lipinski definition) is 1. The van der Waals surface area contributed by atoms with Crippen molar-refractivity contribution in [2.24, 2.45) is 0 Å². The largest absolute Gasteiger partial charge is 0.493 e. The normalized spacial score (nSPS) is 16.6. The van der Waals surface area contributed by atoms with Crippen LogP contribution in [-0.4, -0.2) is 17.5 Å². The highest BCUT2D eigenvalue weighted by Crippen LogP contribution is 2.35. The summed E-state index contributed by atoms with van der Waals surface area (Å²) < 4.78 is 5.53. The van der Waals surface area contributed by atoms with Crippen LogP contribution in [0.3, 0.4) is 0 Å². The van der Waals surface area contributed by atoms with Gasteiger partial charge in [-0.1, -0.05) is 25.1 Å². The molecule has 1 aromatic heterocycles. The Morgan fingerprint density at radius 3 is 2.89 bits per heavy atom. The standard InChI is InChI=1S/C15H14N2O2/c1-10-9-19-12-7-8-16-14(13(10)12)15(18)17-11-5-3-2-4-6-11/h2-8,10H,9H2,1H3,(H,17,18). The van der Waals surface area contributed by atoms with E-state index in [1.165, 1.54) is 0 Å². The van der Waals surface area contributed by atoms with E-state index in [-0.39, 0.29) is 11.8 Å². The van der Waals surface area contributed by atoms with Gasteiger partial charge in [0.05, 0.1) is 6.61 Å². The second kappa shape index (κ2) is 4.72. The van der Waals surface area contributed by atoms with Crippen LogP contribution in [0.25, 0.3) is 0 Å². The fourth-order valence-electron chi connectivity index (χ4n) is 2.25. The summed E-state index contributed by atoms with van der Waals surface area (Å²) in [6.07, 6.45) is 1.61. The Morgan fingerprint density at radius 1 is 1.32 bits per heavy atom. The van der Waals surface area contributed by atoms with Crippen molar-refractivity contribution in [3.8, 4) is 5.75 Å². The number of anilines is 1. The Morgan fingerprint density at radius 2 is 2.11 bits per heavy atom. The van der Waals surface area contributed by atoms with Crippen LogP contribution in [0.1, 0.15) is 28.9 Å². The lowest BCUT2D eigenvalue weighted by atomic mass is 10.0. The van der Waals surface area contributed by atoms with Crippen LogP contribution in [0, 0.1) is 0 Å². The number of pyridine rings is 1. The van der Waals surface area contributed by atoms with Gasteiger partial charge in [-0.3, -0.25) is 9.78 Å². The number of aromatic nitrogens is 1. The minimum atomic E-state index is -0.194. The minimum Gasteiger partial charge on any atom is -0.493 e. The number of ether oxygens (including phenoxy) is 1. The summed E-state index contributed by atoms with van der Waals surface area (Å²) in [5.41, 5.74) is 2.11. The zero-order valence-electron chi connectivity index (χ0n) is 10.6. The van der Waals surface area contributed by atoms with Crippen LogP contribution >= 0.6 is 0 Å². The number of rotatable bonds is 2. The fraction of sp³-hybridized carbons (Fsp3) is 0.200. The summed E-state index contributed by atoms with van der Waals surface area (Å²) in [5.74, 6) is 0.765. The van der Waals surface area contributed by atoms with Crippen molar-refractivity contribution in [2.45, 2.75) is 12.8 Å². The van der Waals surface area contributed by atoms with Gasteiger partial charge in [0.2, 0.25) is 0 Å². The van der Waals surface area contributed by atoms with E-state index >= 15 is 0 Å². The molecule has 0 saturated heterocycles. The highest BCUT2D eigenvalue weighted by Gasteiger charge is 2.27. The Bertz CT molecular complexity index is 611. The van der Waals surface area contributed by atoms with E-state index in [1.807, 2.05) is 37.3 Å². The van der Waals surface area contributed by atoms with Crippen LogP contribution in [0.2, 0.25) is 0 Å². The molecule has 96 valence electrons. The molecule has 1 aliphatic heterocycles. The molecular formula is C15H14N2O2. The van der Waals surface area contributed by atoms with Crippen molar-refractivity contribution < 1.29 is 9.53 Å². The molecule has 0 spiro atoms. The fourth-order valence-corrected chi connectivity index (χ4v) is 2.25. The third kappa shape index (κ3) is 2.17. The van der Waals surface area contributed by atoms with Crippen molar-refractivity contribution in [2.75, 3.05) is 11.9 Å². The molecule has 2 heterocycles. The molecule has 19 heavy (non-hydrogen) atoms. The molecule has 1 unspecified atom stereocenters. The van der Waals surface area contributed by atoms with Gasteiger partial charge in [0.1, 0.15) is 11.4 Å². The Kier molecular flexibility index (Phi) is 2.91. The van der Waals surface area contributed by atoms with E-state index in [4.69, 9.17) is 4.74 Å². The lowest BCUT2D eigenvalue weighted by Gasteiger charge is -2.09. The molecule has 0 bridgehead atoms. The number of hydrogen-bond acceptors (Lipinski definition) is 3. The first-order valence-electron chi connectivity index (χ1n) is 6.24. The third-order valence-electron chi connectivity index (χ3n) is 3.18. The number of nitrogens with zero attached hydrogens (tertiary/aromatic N) is 1. The van der Waals surface area contributed by atoms with Crippen LogP contribution in [0.15, 0.2) is 42.6 Å². The molecule has 4 heteroatoms. The van der Waals surface area contributed by atoms with Crippen molar-refractivity contribution in [1.29, 1.82) is 0 Å². The van der Waals surface area contributed by atoms with Gasteiger partial charge in [0.15, 0.2) is 0 Å². The topological polar surface area (TPSA) is 51.2 Å². The highest BCUT2D eigenvalue weighted by atomic mass is 16.5. The molecule has 0 fully saturated rings. The van der Waals surface area contributed by atoms with Gasteiger partial charge in [0, 0.05) is 23.4 Å². The first-order chi connectivity index (χ1) is 9.25. The Hall–Kier alpha value is -2.36. The zero-order chi connectivity index (χ0) is 13.2. The van der Waals surface area contributed by atoms with Gasteiger partial charge in [-0.05, 0) is 18.2 Å². The summed E-state index contributed by atoms with van der Waals surface area (Å²) in [5, 5.41) is 2.85. The van der Waals surface area contributed by atoms with Gasteiger partial charge in [-0.25, -0.2) is 0 Å². The van der Waals surface area contributed by atoms with Gasteiger partial charge in [-0.2, -0.15) is 0 Å². The smallest absolute Gasteiger partial charge is 0.274 e. The molecule has 4 nitrogen and oxygen atoms in total. The Balaban J connectivity index is 1.91. The van der Waals surface area contributed by atoms with Gasteiger partial charge in [0.25, 0.3) is 5.91 Å². The van der Waals surface area contributed by atoms with Crippen LogP contribution < -0.4 is 10.1 Å². The van der Waals surface area contributed by atoms with Gasteiger partial charge < -0.3 is 10.1 Å². The van der Waals surface area contributed by atoms with Crippen LogP contribution in [0.4, 0.5) is 5.69 Å². The van der Waals surface area contributed by atoms with E-state index < -0.39 is 0 Å². The molecule has 0 aliphatic carbocycles. The Labute approximate surface area is 111 Å². The lowest BCUT2D eigenvalue weighted by Crippen LogP contribution is -2.16. The monoisotopic (exact) mass is 254 g/mol. The maximum atomic E-state index is 12.3. The number of fused-ring (bicyclic) bond motifs is 1. The van der Waals surface area contributed by atoms with E-state index in [0.29, 0.717) is 12.3 Å². The zero-order valence-corrected chi connectivity index (χ0v) is 10.6. The average molecular weight is 254 g/mol. The molecule has 0 saturated carbocycles. The van der Waals surface area contributed by atoms with Crippen LogP contribution in [-0.2, 0) is 0 Å². The minimum absolute atomic E-state index is 0.194. The highest BCUT2D eigenvalue weighted by molar-refractivity contribution is 6.04. The van der Waals surface area contributed by atoms with E-state index in [1.54, 1.807) is 12.3 Å². The van der Waals surface area contributed by atoms with Crippen molar-refractivity contribution >= 4 is 11.6 Å². The maximum absolute atomic E-state index is 12.3. The number of carbonyl (C=O) groups is 1. The lowest BCUT2D eigenvalue weighted by molar-refractivity contribution is 0.102. The predicted octanol–water partition coefficient (Wildman–Crippen LogP) is 2.83. The summed E-state index contributed by atoms with van der Waals surface area (Å²) >= 11 is 0. The second-order valence-electron chi connectivity index (χ2n) is 4.60. The van der Waals surface area contributed by atoms with E-state index in [2.05, 4.69) is 10.3 Å². The summed E-state index contributed by atoms with van der Waals surface area (Å²) in [4.78, 5) is 16.5. The predicted molar refractivity (Wildman–Crippen MR) is 72.5 cm³/mol. The molecule has 1 N–H and O–H groups in total. The number of carbonyl (C=O) groups excluding carboxylic acids is 1. The maximum Gasteiger partial charge on any atom is 0.274 e. The molecule has 1 aromatic carbocycles. The first-order valence-corrected chi connectivity index (χ1v) is 6.24. The number of benzene rings is 1. The van der Waals surface area contributed by atoms with Gasteiger partial charge >= 0.3 is 0 Å². The molecular weight excluding hydrogens is 240 g/mol. The quantitative estimate of drug-likeness (QED) is 0.896. The summed E-state index contributed by atoms with van der Waals surface area (Å²) in [6.45, 7) is 2.64. The number of amides is 1. The molecule has 2 aromatic rings. The molecule has 0 radical (unpaired) electrons. The molecule has 3 rings (SSSR count). The van der Waals surface area contributed by atoms with Crippen molar-refractivity contribution in [3.05, 3.63) is 53.9 Å². The average Bonchev–Trinajstić information content (AvgIpc) is 2.82. The summed E-state index contributed by atoms with van der Waals surface area (Å²) in [7, 11) is 0. The van der Waals surface area contributed by atoms with Crippen molar-refractivity contribution in [1.82, 2.24) is 4.98 Å². The molecule has 1 amide bonds. The second-order valence-corrected chi connectivity index (χ2v) is 4.60. The third-order valence-corrected chi connectivity index (χ3v) is 3.18. The number of nitrogens with one attached hydrogen (secondary N) is 1. The SMILES string of the molecule is CC1COc2ccnc(C(=O)Nc3ccccc3)c21. The van der Waals surface area contributed by atoms with E-state index in [9.17, 15) is 4.79 Å². The number of para-hydroxylation sites is 1. The van der Waals surface area contributed by atoms with Gasteiger partial charge in [-0.15, -0.1) is 0 Å². The van der Waals surface area contributed by atoms with Crippen LogP contribution in [0.5, 0.6) is 5.75 Å². The summed E-state index contributed by atoms with van der Waals surface area (Å²) in [6, 6.07) is 11.2.